The summed E-state index contributed by atoms with van der Waals surface area (Å²) in [7, 11) is -4.62. The molecular formula is C15H21ClF2N2O3S. The molecule has 1 amide bonds. The summed E-state index contributed by atoms with van der Waals surface area (Å²) in [6.45, 7) is 2.52. The molecule has 1 aliphatic heterocycles. The molecule has 1 aliphatic rings. The van der Waals surface area contributed by atoms with Gasteiger partial charge in [-0.1, -0.05) is 0 Å². The second-order valence-corrected chi connectivity index (χ2v) is 7.50. The van der Waals surface area contributed by atoms with Crippen molar-refractivity contribution in [2.75, 3.05) is 19.6 Å². The zero-order valence-corrected chi connectivity index (χ0v) is 14.6. The van der Waals surface area contributed by atoms with Gasteiger partial charge in [-0.3, -0.25) is 4.79 Å². The maximum Gasteiger partial charge on any atom is 0.341 e. The first-order valence-electron chi connectivity index (χ1n) is 7.52. The molecule has 5 nitrogen and oxygen atoms in total. The number of carbonyl (C=O) groups is 1. The summed E-state index contributed by atoms with van der Waals surface area (Å²) in [6.07, 6.45) is 3.15. The van der Waals surface area contributed by atoms with Crippen molar-refractivity contribution in [3.05, 3.63) is 29.8 Å². The number of nitrogens with one attached hydrogen (secondary N) is 2. The zero-order chi connectivity index (χ0) is 16.9. The second kappa shape index (κ2) is 9.29. The molecule has 0 saturated carbocycles. The van der Waals surface area contributed by atoms with Crippen LogP contribution in [0.2, 0.25) is 0 Å². The van der Waals surface area contributed by atoms with Gasteiger partial charge in [0.1, 0.15) is 0 Å². The molecule has 24 heavy (non-hydrogen) atoms. The molecule has 1 unspecified atom stereocenters. The van der Waals surface area contributed by atoms with Gasteiger partial charge in [0.15, 0.2) is 0 Å². The standard InChI is InChI=1S/C15H20F2N2O3S.ClH/c16-15(17)23(21,22)13-5-3-12(4-6-13)14(20)19-9-7-11-2-1-8-18-10-11;/h3-6,11,15,18H,1-2,7-10H2,(H,19,20);1H. The van der Waals surface area contributed by atoms with Gasteiger partial charge >= 0.3 is 5.76 Å². The van der Waals surface area contributed by atoms with Crippen LogP contribution in [0.3, 0.4) is 0 Å². The smallest absolute Gasteiger partial charge is 0.341 e. The molecule has 2 N–H and O–H groups in total. The van der Waals surface area contributed by atoms with Crippen LogP contribution in [0.25, 0.3) is 0 Å². The van der Waals surface area contributed by atoms with Crippen LogP contribution >= 0.6 is 12.4 Å². The quantitative estimate of drug-likeness (QED) is 0.791. The van der Waals surface area contributed by atoms with E-state index >= 15 is 0 Å². The average Bonchev–Trinajstić information content (AvgIpc) is 2.55. The van der Waals surface area contributed by atoms with E-state index in [4.69, 9.17) is 0 Å². The Labute approximate surface area is 146 Å². The van der Waals surface area contributed by atoms with E-state index in [1.165, 1.54) is 12.1 Å². The van der Waals surface area contributed by atoms with E-state index < -0.39 is 20.5 Å². The van der Waals surface area contributed by atoms with Crippen molar-refractivity contribution < 1.29 is 22.0 Å². The molecule has 1 fully saturated rings. The van der Waals surface area contributed by atoms with Gasteiger partial charge in [0, 0.05) is 12.1 Å². The first-order chi connectivity index (χ1) is 10.9. The predicted octanol–water partition coefficient (Wildman–Crippen LogP) is 2.22. The molecule has 2 rings (SSSR count). The molecule has 0 aliphatic carbocycles. The van der Waals surface area contributed by atoms with E-state index in [2.05, 4.69) is 10.6 Å². The Hall–Kier alpha value is -1.25. The van der Waals surface area contributed by atoms with Crippen LogP contribution in [0, 0.1) is 5.92 Å². The van der Waals surface area contributed by atoms with Crippen molar-refractivity contribution in [1.29, 1.82) is 0 Å². The number of piperidine rings is 1. The average molecular weight is 383 g/mol. The SMILES string of the molecule is Cl.O=C(NCCC1CCCNC1)c1ccc(S(=O)(=O)C(F)F)cc1. The first-order valence-corrected chi connectivity index (χ1v) is 9.07. The van der Waals surface area contributed by atoms with E-state index in [9.17, 15) is 22.0 Å². The molecule has 0 radical (unpaired) electrons. The third kappa shape index (κ3) is 5.39. The Balaban J connectivity index is 0.00000288. The highest BCUT2D eigenvalue weighted by Gasteiger charge is 2.26. The van der Waals surface area contributed by atoms with Gasteiger partial charge in [-0.2, -0.15) is 8.78 Å². The number of alkyl halides is 2. The second-order valence-electron chi connectivity index (χ2n) is 5.59. The lowest BCUT2D eigenvalue weighted by Crippen LogP contribution is -2.33. The van der Waals surface area contributed by atoms with Gasteiger partial charge in [0.2, 0.25) is 9.84 Å². The lowest BCUT2D eigenvalue weighted by Gasteiger charge is -2.22. The Morgan fingerprint density at radius 3 is 2.50 bits per heavy atom. The number of sulfone groups is 1. The number of hydrogen-bond donors (Lipinski definition) is 2. The normalized spacial score (nSPS) is 18.0. The van der Waals surface area contributed by atoms with Gasteiger partial charge in [-0.05, 0) is 62.5 Å². The molecule has 1 aromatic rings. The summed E-state index contributed by atoms with van der Waals surface area (Å²) >= 11 is 0. The van der Waals surface area contributed by atoms with E-state index in [0.29, 0.717) is 12.5 Å². The van der Waals surface area contributed by atoms with Crippen molar-refractivity contribution in [3.8, 4) is 0 Å². The van der Waals surface area contributed by atoms with Gasteiger partial charge < -0.3 is 10.6 Å². The summed E-state index contributed by atoms with van der Waals surface area (Å²) in [5.41, 5.74) is 0.250. The predicted molar refractivity (Wildman–Crippen MR) is 89.4 cm³/mol. The number of hydrogen-bond acceptors (Lipinski definition) is 4. The van der Waals surface area contributed by atoms with Gasteiger partial charge in [-0.25, -0.2) is 8.42 Å². The number of amides is 1. The monoisotopic (exact) mass is 382 g/mol. The largest absolute Gasteiger partial charge is 0.352 e. The number of rotatable bonds is 6. The van der Waals surface area contributed by atoms with Gasteiger partial charge in [0.25, 0.3) is 5.91 Å². The molecular weight excluding hydrogens is 362 g/mol. The minimum absolute atomic E-state index is 0. The molecule has 0 aromatic heterocycles. The molecule has 9 heteroatoms. The highest BCUT2D eigenvalue weighted by molar-refractivity contribution is 7.91. The lowest BCUT2D eigenvalue weighted by atomic mass is 9.96. The fourth-order valence-corrected chi connectivity index (χ4v) is 3.28. The molecule has 1 saturated heterocycles. The van der Waals surface area contributed by atoms with Crippen LogP contribution in [0.4, 0.5) is 8.78 Å². The van der Waals surface area contributed by atoms with E-state index in [-0.39, 0.29) is 23.9 Å². The highest BCUT2D eigenvalue weighted by atomic mass is 35.5. The summed E-state index contributed by atoms with van der Waals surface area (Å²) in [4.78, 5) is 11.5. The Morgan fingerprint density at radius 1 is 1.29 bits per heavy atom. The summed E-state index contributed by atoms with van der Waals surface area (Å²) < 4.78 is 47.5. The van der Waals surface area contributed by atoms with Gasteiger partial charge in [0.05, 0.1) is 4.90 Å². The third-order valence-corrected chi connectivity index (χ3v) is 5.32. The number of halogens is 3. The van der Waals surface area contributed by atoms with Gasteiger partial charge in [-0.15, -0.1) is 12.4 Å². The lowest BCUT2D eigenvalue weighted by molar-refractivity contribution is 0.0950. The fraction of sp³-hybridized carbons (Fsp3) is 0.533. The molecule has 0 bridgehead atoms. The van der Waals surface area contributed by atoms with Crippen LogP contribution in [-0.2, 0) is 9.84 Å². The summed E-state index contributed by atoms with van der Waals surface area (Å²) in [5.74, 6) is -3.26. The third-order valence-electron chi connectivity index (χ3n) is 3.92. The molecule has 1 atom stereocenters. The Morgan fingerprint density at radius 2 is 1.96 bits per heavy atom. The van der Waals surface area contributed by atoms with Crippen molar-refractivity contribution in [2.24, 2.45) is 5.92 Å². The van der Waals surface area contributed by atoms with Crippen molar-refractivity contribution in [1.82, 2.24) is 10.6 Å². The van der Waals surface area contributed by atoms with Crippen LogP contribution in [-0.4, -0.2) is 39.7 Å². The van der Waals surface area contributed by atoms with Crippen molar-refractivity contribution >= 4 is 28.2 Å². The minimum Gasteiger partial charge on any atom is -0.352 e. The van der Waals surface area contributed by atoms with Crippen LogP contribution in [0.15, 0.2) is 29.2 Å². The molecule has 1 aromatic carbocycles. The first kappa shape index (κ1) is 20.8. The zero-order valence-electron chi connectivity index (χ0n) is 13.0. The van der Waals surface area contributed by atoms with E-state index in [1.54, 1.807) is 0 Å². The van der Waals surface area contributed by atoms with Crippen LogP contribution in [0.1, 0.15) is 29.6 Å². The summed E-state index contributed by atoms with van der Waals surface area (Å²) in [5, 5.41) is 6.07. The Bertz CT molecular complexity index is 633. The van der Waals surface area contributed by atoms with E-state index in [1.807, 2.05) is 0 Å². The maximum absolute atomic E-state index is 12.4. The highest BCUT2D eigenvalue weighted by Crippen LogP contribution is 2.18. The molecule has 1 heterocycles. The maximum atomic E-state index is 12.4. The fourth-order valence-electron chi connectivity index (χ4n) is 2.56. The molecule has 136 valence electrons. The number of benzene rings is 1. The minimum atomic E-state index is -4.62. The topological polar surface area (TPSA) is 75.3 Å². The van der Waals surface area contributed by atoms with Crippen molar-refractivity contribution in [2.45, 2.75) is 29.9 Å². The van der Waals surface area contributed by atoms with E-state index in [0.717, 1.165) is 44.5 Å². The number of carbonyl (C=O) groups excluding carboxylic acids is 1. The summed E-state index contributed by atoms with van der Waals surface area (Å²) in [6, 6.07) is 4.54. The van der Waals surface area contributed by atoms with Crippen LogP contribution in [0.5, 0.6) is 0 Å². The molecule has 0 spiro atoms. The Kier molecular flexibility index (Phi) is 8.05. The van der Waals surface area contributed by atoms with Crippen LogP contribution < -0.4 is 10.6 Å². The van der Waals surface area contributed by atoms with Crippen molar-refractivity contribution in [3.63, 3.8) is 0 Å².